The van der Waals surface area contributed by atoms with E-state index in [0.717, 1.165) is 31.5 Å². The third kappa shape index (κ3) is 5.33. The van der Waals surface area contributed by atoms with Crippen molar-refractivity contribution < 1.29 is 4.74 Å². The Morgan fingerprint density at radius 3 is 3.00 bits per heavy atom. The zero-order valence-corrected chi connectivity index (χ0v) is 13.6. The van der Waals surface area contributed by atoms with E-state index in [1.54, 1.807) is 0 Å². The van der Waals surface area contributed by atoms with E-state index in [1.165, 1.54) is 44.2 Å². The number of rotatable bonds is 7. The summed E-state index contributed by atoms with van der Waals surface area (Å²) in [7, 11) is 1.97. The normalized spacial score (nSPS) is 20.2. The van der Waals surface area contributed by atoms with Crippen molar-refractivity contribution in [1.29, 1.82) is 0 Å². The SMILES string of the molecule is CCC1CCCCCN1CCOc1cccc(CNC)c1. The maximum Gasteiger partial charge on any atom is 0.119 e. The molecule has 0 amide bonds. The first kappa shape index (κ1) is 16.3. The van der Waals surface area contributed by atoms with Crippen molar-refractivity contribution in [2.75, 3.05) is 26.7 Å². The molecule has 1 aliphatic heterocycles. The lowest BCUT2D eigenvalue weighted by Gasteiger charge is -2.28. The molecule has 21 heavy (non-hydrogen) atoms. The molecule has 1 N–H and O–H groups in total. The second kappa shape index (κ2) is 9.06. The summed E-state index contributed by atoms with van der Waals surface area (Å²) in [6, 6.07) is 9.15. The van der Waals surface area contributed by atoms with Crippen molar-refractivity contribution in [1.82, 2.24) is 10.2 Å². The third-order valence-electron chi connectivity index (χ3n) is 4.40. The second-order valence-corrected chi connectivity index (χ2v) is 5.97. The Morgan fingerprint density at radius 2 is 2.19 bits per heavy atom. The van der Waals surface area contributed by atoms with Gasteiger partial charge in [0.2, 0.25) is 0 Å². The molecule has 0 spiro atoms. The summed E-state index contributed by atoms with van der Waals surface area (Å²) in [5.41, 5.74) is 1.27. The minimum absolute atomic E-state index is 0.756. The zero-order chi connectivity index (χ0) is 14.9. The van der Waals surface area contributed by atoms with Gasteiger partial charge in [-0.3, -0.25) is 4.90 Å². The minimum atomic E-state index is 0.756. The molecule has 3 nitrogen and oxygen atoms in total. The van der Waals surface area contributed by atoms with Gasteiger partial charge in [0.15, 0.2) is 0 Å². The number of ether oxygens (including phenoxy) is 1. The molecule has 1 aromatic rings. The van der Waals surface area contributed by atoms with Crippen LogP contribution < -0.4 is 10.1 Å². The quantitative estimate of drug-likeness (QED) is 0.832. The molecule has 1 atom stereocenters. The lowest BCUT2D eigenvalue weighted by atomic mass is 10.1. The van der Waals surface area contributed by atoms with Crippen molar-refractivity contribution in [2.24, 2.45) is 0 Å². The van der Waals surface area contributed by atoms with E-state index in [4.69, 9.17) is 4.74 Å². The summed E-state index contributed by atoms with van der Waals surface area (Å²) in [6.07, 6.45) is 6.74. The molecule has 0 radical (unpaired) electrons. The maximum atomic E-state index is 5.96. The van der Waals surface area contributed by atoms with Crippen LogP contribution in [0.15, 0.2) is 24.3 Å². The van der Waals surface area contributed by atoms with Gasteiger partial charge in [-0.1, -0.05) is 31.9 Å². The average Bonchev–Trinajstić information content (AvgIpc) is 2.73. The Morgan fingerprint density at radius 1 is 1.29 bits per heavy atom. The summed E-state index contributed by atoms with van der Waals surface area (Å²) in [5, 5.41) is 3.18. The van der Waals surface area contributed by atoms with Crippen LogP contribution in [0.2, 0.25) is 0 Å². The van der Waals surface area contributed by atoms with Crippen molar-refractivity contribution in [2.45, 2.75) is 51.6 Å². The van der Waals surface area contributed by atoms with Gasteiger partial charge in [0.05, 0.1) is 0 Å². The first-order valence-corrected chi connectivity index (χ1v) is 8.44. The van der Waals surface area contributed by atoms with Gasteiger partial charge in [0.1, 0.15) is 12.4 Å². The monoisotopic (exact) mass is 290 g/mol. The van der Waals surface area contributed by atoms with Gasteiger partial charge < -0.3 is 10.1 Å². The van der Waals surface area contributed by atoms with Gasteiger partial charge in [0.25, 0.3) is 0 Å². The maximum absolute atomic E-state index is 5.96. The van der Waals surface area contributed by atoms with E-state index in [1.807, 2.05) is 7.05 Å². The fourth-order valence-corrected chi connectivity index (χ4v) is 3.22. The largest absolute Gasteiger partial charge is 0.492 e. The molecule has 1 aliphatic rings. The van der Waals surface area contributed by atoms with Crippen molar-refractivity contribution in [3.63, 3.8) is 0 Å². The van der Waals surface area contributed by atoms with Gasteiger partial charge in [-0.25, -0.2) is 0 Å². The molecule has 1 fully saturated rings. The number of hydrogen-bond donors (Lipinski definition) is 1. The zero-order valence-electron chi connectivity index (χ0n) is 13.6. The molecule has 3 heteroatoms. The van der Waals surface area contributed by atoms with Crippen LogP contribution >= 0.6 is 0 Å². The summed E-state index contributed by atoms with van der Waals surface area (Å²) < 4.78 is 5.96. The molecular weight excluding hydrogens is 260 g/mol. The fraction of sp³-hybridized carbons (Fsp3) is 0.667. The van der Waals surface area contributed by atoms with Crippen LogP contribution in [0.3, 0.4) is 0 Å². The van der Waals surface area contributed by atoms with Crippen LogP contribution in [-0.4, -0.2) is 37.7 Å². The summed E-state index contributed by atoms with van der Waals surface area (Å²) in [4.78, 5) is 2.63. The topological polar surface area (TPSA) is 24.5 Å². The number of likely N-dealkylation sites (tertiary alicyclic amines) is 1. The molecule has 1 aromatic carbocycles. The molecule has 1 unspecified atom stereocenters. The minimum Gasteiger partial charge on any atom is -0.492 e. The van der Waals surface area contributed by atoms with E-state index in [-0.39, 0.29) is 0 Å². The molecule has 118 valence electrons. The standard InChI is InChI=1S/C18H30N2O/c1-3-17-9-5-4-6-11-20(17)12-13-21-18-10-7-8-16(14-18)15-19-2/h7-8,10,14,17,19H,3-6,9,11-13,15H2,1-2H3. The smallest absolute Gasteiger partial charge is 0.119 e. The van der Waals surface area contributed by atoms with E-state index < -0.39 is 0 Å². The Labute approximate surface area is 129 Å². The number of benzene rings is 1. The van der Waals surface area contributed by atoms with Gasteiger partial charge >= 0.3 is 0 Å². The Balaban J connectivity index is 1.80. The van der Waals surface area contributed by atoms with Crippen LogP contribution in [0.1, 0.15) is 44.6 Å². The van der Waals surface area contributed by atoms with Gasteiger partial charge in [-0.2, -0.15) is 0 Å². The van der Waals surface area contributed by atoms with Gasteiger partial charge in [-0.15, -0.1) is 0 Å². The van der Waals surface area contributed by atoms with Crippen LogP contribution in [-0.2, 0) is 6.54 Å². The lowest BCUT2D eigenvalue weighted by Crippen LogP contribution is -2.37. The van der Waals surface area contributed by atoms with Gasteiger partial charge in [-0.05, 0) is 50.6 Å². The molecule has 1 heterocycles. The predicted octanol–water partition coefficient (Wildman–Crippen LogP) is 3.44. The van der Waals surface area contributed by atoms with E-state index in [0.29, 0.717) is 0 Å². The summed E-state index contributed by atoms with van der Waals surface area (Å²) in [5.74, 6) is 0.991. The number of nitrogens with one attached hydrogen (secondary N) is 1. The molecule has 0 aliphatic carbocycles. The van der Waals surface area contributed by atoms with Crippen LogP contribution in [0.25, 0.3) is 0 Å². The van der Waals surface area contributed by atoms with Crippen molar-refractivity contribution in [3.8, 4) is 5.75 Å². The highest BCUT2D eigenvalue weighted by atomic mass is 16.5. The Kier molecular flexibility index (Phi) is 7.04. The van der Waals surface area contributed by atoms with E-state index in [9.17, 15) is 0 Å². The van der Waals surface area contributed by atoms with Crippen LogP contribution in [0.4, 0.5) is 0 Å². The van der Waals surface area contributed by atoms with Crippen LogP contribution in [0, 0.1) is 0 Å². The molecule has 0 aromatic heterocycles. The van der Waals surface area contributed by atoms with E-state index >= 15 is 0 Å². The van der Waals surface area contributed by atoms with Crippen molar-refractivity contribution >= 4 is 0 Å². The average molecular weight is 290 g/mol. The van der Waals surface area contributed by atoms with E-state index in [2.05, 4.69) is 41.4 Å². The first-order chi connectivity index (χ1) is 10.3. The molecule has 0 bridgehead atoms. The van der Waals surface area contributed by atoms with Crippen LogP contribution in [0.5, 0.6) is 5.75 Å². The number of nitrogens with zero attached hydrogens (tertiary/aromatic N) is 1. The Bertz CT molecular complexity index is 408. The molecule has 1 saturated heterocycles. The highest BCUT2D eigenvalue weighted by Crippen LogP contribution is 2.19. The first-order valence-electron chi connectivity index (χ1n) is 8.44. The summed E-state index contributed by atoms with van der Waals surface area (Å²) >= 11 is 0. The fourth-order valence-electron chi connectivity index (χ4n) is 3.22. The highest BCUT2D eigenvalue weighted by Gasteiger charge is 2.18. The highest BCUT2D eigenvalue weighted by molar-refractivity contribution is 5.28. The molecule has 0 saturated carbocycles. The molecular formula is C18H30N2O. The molecule has 2 rings (SSSR count). The van der Waals surface area contributed by atoms with Gasteiger partial charge in [0, 0.05) is 19.1 Å². The predicted molar refractivity (Wildman–Crippen MR) is 88.8 cm³/mol. The lowest BCUT2D eigenvalue weighted by molar-refractivity contribution is 0.158. The number of hydrogen-bond acceptors (Lipinski definition) is 3. The third-order valence-corrected chi connectivity index (χ3v) is 4.40. The Hall–Kier alpha value is -1.06. The second-order valence-electron chi connectivity index (χ2n) is 5.97. The summed E-state index contributed by atoms with van der Waals surface area (Å²) in [6.45, 7) is 6.28. The van der Waals surface area contributed by atoms with Crippen molar-refractivity contribution in [3.05, 3.63) is 29.8 Å².